The molecule has 0 unspecified atom stereocenters. The molecule has 0 aromatic carbocycles. The fourth-order valence-corrected chi connectivity index (χ4v) is 2.95. The highest BCUT2D eigenvalue weighted by molar-refractivity contribution is 5.61. The van der Waals surface area contributed by atoms with Crippen molar-refractivity contribution < 1.29 is 13.2 Å². The fraction of sp³-hybridized carbons (Fsp3) is 0.278. The van der Waals surface area contributed by atoms with E-state index in [4.69, 9.17) is 5.73 Å². The third kappa shape index (κ3) is 3.63. The number of nitrogens with zero attached hydrogens (tertiary/aromatic N) is 6. The van der Waals surface area contributed by atoms with Crippen molar-refractivity contribution >= 4 is 17.4 Å². The summed E-state index contributed by atoms with van der Waals surface area (Å²) in [5, 5.41) is 2.97. The smallest absolute Gasteiger partial charge is 0.368 e. The van der Waals surface area contributed by atoms with Gasteiger partial charge in [0.15, 0.2) is 11.5 Å². The minimum Gasteiger partial charge on any atom is -0.368 e. The topological polar surface area (TPSA) is 123 Å². The van der Waals surface area contributed by atoms with Crippen LogP contribution >= 0.6 is 0 Å². The summed E-state index contributed by atoms with van der Waals surface area (Å²) in [6.45, 7) is 5.16. The Labute approximate surface area is 168 Å². The van der Waals surface area contributed by atoms with Crippen LogP contribution in [0.2, 0.25) is 0 Å². The summed E-state index contributed by atoms with van der Waals surface area (Å²) < 4.78 is 40.5. The maximum atomic E-state index is 12.9. The van der Waals surface area contributed by atoms with E-state index in [1.165, 1.54) is 0 Å². The molecular formula is C18H18F3N9. The van der Waals surface area contributed by atoms with Gasteiger partial charge in [0.25, 0.3) is 0 Å². The predicted molar refractivity (Wildman–Crippen MR) is 103 cm³/mol. The Morgan fingerprint density at radius 3 is 2.57 bits per heavy atom. The molecule has 0 amide bonds. The summed E-state index contributed by atoms with van der Waals surface area (Å²) in [6.07, 6.45) is -0.160. The number of aryl methyl sites for hydroxylation is 1. The highest BCUT2D eigenvalue weighted by Crippen LogP contribution is 2.30. The van der Waals surface area contributed by atoms with Gasteiger partial charge in [-0.05, 0) is 32.9 Å². The monoisotopic (exact) mass is 417 g/mol. The van der Waals surface area contributed by atoms with Crippen LogP contribution in [-0.4, -0.2) is 34.3 Å². The number of alkyl halides is 3. The van der Waals surface area contributed by atoms with Gasteiger partial charge in [0.2, 0.25) is 11.9 Å². The second-order valence-electron chi connectivity index (χ2n) is 7.24. The van der Waals surface area contributed by atoms with Crippen LogP contribution in [0.15, 0.2) is 30.7 Å². The molecule has 4 rings (SSSR count). The first-order chi connectivity index (χ1) is 14.0. The number of anilines is 2. The molecule has 156 valence electrons. The van der Waals surface area contributed by atoms with Gasteiger partial charge < -0.3 is 20.4 Å². The lowest BCUT2D eigenvalue weighted by Crippen LogP contribution is -2.31. The number of aromatic nitrogens is 7. The van der Waals surface area contributed by atoms with E-state index < -0.39 is 17.4 Å². The summed E-state index contributed by atoms with van der Waals surface area (Å²) in [4.78, 5) is 23.0. The van der Waals surface area contributed by atoms with E-state index in [-0.39, 0.29) is 17.7 Å². The van der Waals surface area contributed by atoms with Crippen molar-refractivity contribution in [3.8, 4) is 11.4 Å². The molecule has 0 atom stereocenters. The molecule has 4 N–H and O–H groups in total. The largest absolute Gasteiger partial charge is 0.434 e. The molecule has 12 heteroatoms. The zero-order valence-corrected chi connectivity index (χ0v) is 16.3. The third-order valence-corrected chi connectivity index (χ3v) is 4.51. The Hall–Kier alpha value is -3.70. The number of rotatable bonds is 4. The van der Waals surface area contributed by atoms with Gasteiger partial charge in [-0.3, -0.25) is 0 Å². The minimum absolute atomic E-state index is 0.0313. The Morgan fingerprint density at radius 1 is 1.10 bits per heavy atom. The van der Waals surface area contributed by atoms with Crippen LogP contribution in [0.25, 0.3) is 16.9 Å². The normalized spacial score (nSPS) is 12.5. The number of nitrogens with one attached hydrogen (secondary N) is 2. The Morgan fingerprint density at radius 2 is 1.87 bits per heavy atom. The van der Waals surface area contributed by atoms with Crippen molar-refractivity contribution in [1.29, 1.82) is 0 Å². The number of nitrogens with two attached hydrogens (primary N) is 1. The summed E-state index contributed by atoms with van der Waals surface area (Å²) in [5.41, 5.74) is 5.38. The van der Waals surface area contributed by atoms with Crippen molar-refractivity contribution in [1.82, 2.24) is 34.3 Å². The van der Waals surface area contributed by atoms with Crippen LogP contribution in [-0.2, 0) is 11.7 Å². The first kappa shape index (κ1) is 19.6. The lowest BCUT2D eigenvalue weighted by atomic mass is 10.1. The Balaban J connectivity index is 1.67. The van der Waals surface area contributed by atoms with Gasteiger partial charge in [0.1, 0.15) is 11.6 Å². The summed E-state index contributed by atoms with van der Waals surface area (Å²) >= 11 is 0. The maximum absolute atomic E-state index is 12.9. The van der Waals surface area contributed by atoms with Crippen molar-refractivity contribution in [2.75, 3.05) is 11.1 Å². The Bertz CT molecular complexity index is 1220. The number of halogens is 3. The molecule has 9 nitrogen and oxygen atoms in total. The molecule has 4 aromatic rings. The zero-order valence-electron chi connectivity index (χ0n) is 16.3. The number of aromatic amines is 1. The summed E-state index contributed by atoms with van der Waals surface area (Å²) in [5.74, 6) is 1.26. The number of H-pyrrole nitrogens is 1. The third-order valence-electron chi connectivity index (χ3n) is 4.51. The van der Waals surface area contributed by atoms with E-state index >= 15 is 0 Å². The molecule has 4 aromatic heterocycles. The number of hydrogen-bond acceptors (Lipinski definition) is 7. The molecule has 0 fully saturated rings. The summed E-state index contributed by atoms with van der Waals surface area (Å²) in [6, 6.07) is 3.69. The molecule has 0 radical (unpaired) electrons. The van der Waals surface area contributed by atoms with E-state index in [0.29, 0.717) is 11.4 Å². The summed E-state index contributed by atoms with van der Waals surface area (Å²) in [7, 11) is 0. The van der Waals surface area contributed by atoms with E-state index in [9.17, 15) is 13.2 Å². The van der Waals surface area contributed by atoms with Gasteiger partial charge >= 0.3 is 6.18 Å². The Kier molecular flexibility index (Phi) is 4.36. The minimum atomic E-state index is -4.54. The second-order valence-corrected chi connectivity index (χ2v) is 7.24. The van der Waals surface area contributed by atoms with Crippen LogP contribution < -0.4 is 11.1 Å². The first-order valence-electron chi connectivity index (χ1n) is 8.90. The van der Waals surface area contributed by atoms with Gasteiger partial charge in [-0.2, -0.15) is 28.1 Å². The fourth-order valence-electron chi connectivity index (χ4n) is 2.95. The first-order valence-corrected chi connectivity index (χ1v) is 8.90. The van der Waals surface area contributed by atoms with E-state index in [2.05, 4.69) is 35.2 Å². The highest BCUT2D eigenvalue weighted by Gasteiger charge is 2.36. The molecule has 0 aliphatic heterocycles. The second kappa shape index (κ2) is 6.68. The van der Waals surface area contributed by atoms with Crippen molar-refractivity contribution in [3.05, 3.63) is 48.1 Å². The van der Waals surface area contributed by atoms with E-state index in [1.807, 2.05) is 29.7 Å². The number of imidazole rings is 2. The highest BCUT2D eigenvalue weighted by atomic mass is 19.4. The van der Waals surface area contributed by atoms with E-state index in [1.54, 1.807) is 20.0 Å². The molecule has 0 saturated heterocycles. The van der Waals surface area contributed by atoms with Gasteiger partial charge in [-0.1, -0.05) is 0 Å². The van der Waals surface area contributed by atoms with Crippen LogP contribution in [0.5, 0.6) is 0 Å². The number of fused-ring (bicyclic) bond motifs is 1. The van der Waals surface area contributed by atoms with E-state index in [0.717, 1.165) is 17.5 Å². The van der Waals surface area contributed by atoms with Crippen molar-refractivity contribution in [3.63, 3.8) is 0 Å². The standard InChI is InChI=1S/C18H18F3N9/c1-9-23-6-11-5-4-10(8-30(9)11)13-26-15(22)28-16(27-13)29-17(2,3)14-24-7-12(25-14)18(19,20)21/h4-8H,1-3H3,(H,24,25)(H3,22,26,27,28,29). The lowest BCUT2D eigenvalue weighted by Gasteiger charge is -2.24. The molecule has 0 spiro atoms. The molecular weight excluding hydrogens is 399 g/mol. The molecule has 0 aliphatic rings. The van der Waals surface area contributed by atoms with Gasteiger partial charge in [-0.25, -0.2) is 9.97 Å². The number of hydrogen-bond donors (Lipinski definition) is 3. The maximum Gasteiger partial charge on any atom is 0.434 e. The van der Waals surface area contributed by atoms with Crippen LogP contribution in [0.1, 0.15) is 31.2 Å². The lowest BCUT2D eigenvalue weighted by molar-refractivity contribution is -0.141. The van der Waals surface area contributed by atoms with Crippen molar-refractivity contribution in [2.24, 2.45) is 0 Å². The average molecular weight is 417 g/mol. The van der Waals surface area contributed by atoms with Crippen LogP contribution in [0, 0.1) is 6.92 Å². The number of nitrogen functional groups attached to an aromatic ring is 1. The van der Waals surface area contributed by atoms with Crippen molar-refractivity contribution in [2.45, 2.75) is 32.5 Å². The molecule has 0 bridgehead atoms. The molecule has 30 heavy (non-hydrogen) atoms. The molecule has 4 heterocycles. The SMILES string of the molecule is Cc1ncc2ccc(-c3nc(N)nc(NC(C)(C)c4nc(C(F)(F)F)c[nH]4)n3)cn12. The molecule has 0 saturated carbocycles. The van der Waals surface area contributed by atoms with Crippen LogP contribution in [0.4, 0.5) is 25.1 Å². The van der Waals surface area contributed by atoms with Gasteiger partial charge in [0, 0.05) is 18.0 Å². The van der Waals surface area contributed by atoms with Gasteiger partial charge in [0.05, 0.1) is 17.3 Å². The van der Waals surface area contributed by atoms with Crippen LogP contribution in [0.3, 0.4) is 0 Å². The molecule has 0 aliphatic carbocycles. The average Bonchev–Trinajstić information content (AvgIpc) is 3.28. The number of pyridine rings is 1. The quantitative estimate of drug-likeness (QED) is 0.466. The predicted octanol–water partition coefficient (Wildman–Crippen LogP) is 3.17. The van der Waals surface area contributed by atoms with Gasteiger partial charge in [-0.15, -0.1) is 0 Å². The zero-order chi connectivity index (χ0) is 21.7.